The average molecular weight is 358 g/mol. The van der Waals surface area contributed by atoms with Gasteiger partial charge in [-0.05, 0) is 40.2 Å². The third kappa shape index (κ3) is 3.16. The van der Waals surface area contributed by atoms with Crippen LogP contribution in [0.1, 0.15) is 42.1 Å². The molecule has 3 rings (SSSR count). The lowest BCUT2D eigenvalue weighted by Gasteiger charge is -2.28. The second-order valence-electron chi connectivity index (χ2n) is 6.82. The zero-order valence-electron chi connectivity index (χ0n) is 15.8. The topological polar surface area (TPSA) is 96.8 Å². The summed E-state index contributed by atoms with van der Waals surface area (Å²) in [6.07, 6.45) is 0.480. The summed E-state index contributed by atoms with van der Waals surface area (Å²) in [7, 11) is 0. The lowest BCUT2D eigenvalue weighted by molar-refractivity contribution is -0.134. The minimum atomic E-state index is -0.526. The van der Waals surface area contributed by atoms with Gasteiger partial charge in [0.05, 0.1) is 5.69 Å². The van der Waals surface area contributed by atoms with Crippen LogP contribution in [0.5, 0.6) is 0 Å². The van der Waals surface area contributed by atoms with E-state index in [1.54, 1.807) is 20.4 Å². The number of nitrogens with two attached hydrogens (primary N) is 1. The van der Waals surface area contributed by atoms with Gasteiger partial charge in [-0.25, -0.2) is 9.50 Å². The summed E-state index contributed by atoms with van der Waals surface area (Å²) in [5, 5.41) is 4.36. The SMILES string of the molecule is CCN(CC)C(=O)[C@@H]1C[C@@H](N)CN1C(=O)c1cc(C)n2nc(C)cc2n1. The van der Waals surface area contributed by atoms with Gasteiger partial charge in [0.1, 0.15) is 11.7 Å². The molecule has 0 unspecified atom stereocenters. The van der Waals surface area contributed by atoms with Crippen molar-refractivity contribution in [1.29, 1.82) is 0 Å². The second kappa shape index (κ2) is 7.03. The number of aryl methyl sites for hydroxylation is 2. The minimum absolute atomic E-state index is 0.0469. The molecule has 0 spiro atoms. The van der Waals surface area contributed by atoms with E-state index in [2.05, 4.69) is 10.1 Å². The van der Waals surface area contributed by atoms with Crippen LogP contribution >= 0.6 is 0 Å². The van der Waals surface area contributed by atoms with E-state index < -0.39 is 6.04 Å². The Balaban J connectivity index is 1.93. The number of carbonyl (C=O) groups excluding carboxylic acids is 2. The Hall–Kier alpha value is -2.48. The van der Waals surface area contributed by atoms with Gasteiger partial charge in [0.25, 0.3) is 5.91 Å². The van der Waals surface area contributed by atoms with Crippen LogP contribution < -0.4 is 5.73 Å². The molecular formula is C18H26N6O2. The highest BCUT2D eigenvalue weighted by Gasteiger charge is 2.40. The fraction of sp³-hybridized carbons (Fsp3) is 0.556. The molecule has 2 N–H and O–H groups in total. The summed E-state index contributed by atoms with van der Waals surface area (Å²) in [6, 6.07) is 2.82. The quantitative estimate of drug-likeness (QED) is 0.870. The number of fused-ring (bicyclic) bond motifs is 1. The van der Waals surface area contributed by atoms with Gasteiger partial charge in [-0.15, -0.1) is 0 Å². The van der Waals surface area contributed by atoms with Crippen molar-refractivity contribution in [3.8, 4) is 0 Å². The summed E-state index contributed by atoms with van der Waals surface area (Å²) in [5.74, 6) is -0.304. The lowest BCUT2D eigenvalue weighted by atomic mass is 10.1. The molecule has 1 aliphatic heterocycles. The molecule has 26 heavy (non-hydrogen) atoms. The molecule has 3 heterocycles. The van der Waals surface area contributed by atoms with Crippen molar-refractivity contribution in [3.05, 3.63) is 29.2 Å². The molecule has 140 valence electrons. The van der Waals surface area contributed by atoms with E-state index in [1.165, 1.54) is 0 Å². The third-order valence-electron chi connectivity index (χ3n) is 4.90. The Morgan fingerprint density at radius 2 is 1.96 bits per heavy atom. The highest BCUT2D eigenvalue weighted by Crippen LogP contribution is 2.22. The van der Waals surface area contributed by atoms with Crippen LogP contribution in [-0.2, 0) is 4.79 Å². The van der Waals surface area contributed by atoms with Crippen LogP contribution in [-0.4, -0.2) is 67.9 Å². The lowest BCUT2D eigenvalue weighted by Crippen LogP contribution is -2.48. The number of carbonyl (C=O) groups is 2. The van der Waals surface area contributed by atoms with Crippen molar-refractivity contribution in [3.63, 3.8) is 0 Å². The number of hydrogen-bond acceptors (Lipinski definition) is 5. The van der Waals surface area contributed by atoms with Crippen molar-refractivity contribution in [1.82, 2.24) is 24.4 Å². The molecule has 0 bridgehead atoms. The van der Waals surface area contributed by atoms with Gasteiger partial charge in [-0.2, -0.15) is 5.10 Å². The van der Waals surface area contributed by atoms with Gasteiger partial charge >= 0.3 is 0 Å². The molecule has 2 atom stereocenters. The summed E-state index contributed by atoms with van der Waals surface area (Å²) >= 11 is 0. The first-order valence-corrected chi connectivity index (χ1v) is 9.05. The number of amides is 2. The van der Waals surface area contributed by atoms with Gasteiger partial charge in [0.2, 0.25) is 5.91 Å². The molecule has 1 aliphatic rings. The highest BCUT2D eigenvalue weighted by atomic mass is 16.2. The molecule has 0 radical (unpaired) electrons. The van der Waals surface area contributed by atoms with Crippen molar-refractivity contribution in [2.24, 2.45) is 5.73 Å². The Bertz CT molecular complexity index is 842. The average Bonchev–Trinajstić information content (AvgIpc) is 3.17. The fourth-order valence-corrected chi connectivity index (χ4v) is 3.57. The maximum Gasteiger partial charge on any atom is 0.273 e. The molecule has 8 heteroatoms. The molecule has 2 amide bonds. The summed E-state index contributed by atoms with van der Waals surface area (Å²) in [6.45, 7) is 9.22. The molecule has 1 saturated heterocycles. The van der Waals surface area contributed by atoms with Crippen molar-refractivity contribution >= 4 is 17.5 Å². The predicted octanol–water partition coefficient (Wildman–Crippen LogP) is 0.756. The first kappa shape index (κ1) is 18.3. The van der Waals surface area contributed by atoms with Crippen molar-refractivity contribution in [2.75, 3.05) is 19.6 Å². The standard InChI is InChI=1S/C18H26N6O2/c1-5-22(6-2)18(26)15-9-13(19)10-23(15)17(25)14-8-12(4)24-16(20-14)7-11(3)21-24/h7-8,13,15H,5-6,9-10,19H2,1-4H3/t13-,15+/m1/s1. The maximum absolute atomic E-state index is 13.1. The van der Waals surface area contributed by atoms with Crippen LogP contribution in [0.15, 0.2) is 12.1 Å². The van der Waals surface area contributed by atoms with E-state index in [9.17, 15) is 9.59 Å². The third-order valence-corrected chi connectivity index (χ3v) is 4.90. The first-order valence-electron chi connectivity index (χ1n) is 9.05. The highest BCUT2D eigenvalue weighted by molar-refractivity contribution is 5.97. The summed E-state index contributed by atoms with van der Waals surface area (Å²) in [4.78, 5) is 33.7. The number of nitrogens with zero attached hydrogens (tertiary/aromatic N) is 5. The largest absolute Gasteiger partial charge is 0.341 e. The van der Waals surface area contributed by atoms with Gasteiger partial charge in [0.15, 0.2) is 5.65 Å². The summed E-state index contributed by atoms with van der Waals surface area (Å²) in [5.41, 5.74) is 8.68. The molecule has 2 aromatic rings. The molecule has 0 aromatic carbocycles. The Labute approximate surface area is 153 Å². The molecular weight excluding hydrogens is 332 g/mol. The molecule has 8 nitrogen and oxygen atoms in total. The van der Waals surface area contributed by atoms with Crippen LogP contribution in [0.2, 0.25) is 0 Å². The van der Waals surface area contributed by atoms with E-state index in [1.807, 2.05) is 33.8 Å². The summed E-state index contributed by atoms with van der Waals surface area (Å²) < 4.78 is 1.71. The molecule has 0 aliphatic carbocycles. The monoisotopic (exact) mass is 358 g/mol. The number of hydrogen-bond donors (Lipinski definition) is 1. The molecule has 0 saturated carbocycles. The van der Waals surface area contributed by atoms with E-state index >= 15 is 0 Å². The zero-order chi connectivity index (χ0) is 19.0. The number of likely N-dealkylation sites (tertiary alicyclic amines) is 1. The van der Waals surface area contributed by atoms with E-state index in [-0.39, 0.29) is 17.9 Å². The fourth-order valence-electron chi connectivity index (χ4n) is 3.57. The van der Waals surface area contributed by atoms with Gasteiger partial charge in [-0.1, -0.05) is 0 Å². The van der Waals surface area contributed by atoms with Gasteiger partial charge in [0, 0.05) is 37.4 Å². The Morgan fingerprint density at radius 3 is 2.62 bits per heavy atom. The molecule has 1 fully saturated rings. The van der Waals surface area contributed by atoms with E-state index in [4.69, 9.17) is 5.73 Å². The number of aromatic nitrogens is 3. The van der Waals surface area contributed by atoms with E-state index in [0.717, 1.165) is 11.4 Å². The van der Waals surface area contributed by atoms with Crippen LogP contribution in [0, 0.1) is 13.8 Å². The van der Waals surface area contributed by atoms with Crippen LogP contribution in [0.4, 0.5) is 0 Å². The van der Waals surface area contributed by atoms with E-state index in [0.29, 0.717) is 37.4 Å². The van der Waals surface area contributed by atoms with Crippen molar-refractivity contribution in [2.45, 2.75) is 46.2 Å². The zero-order valence-corrected chi connectivity index (χ0v) is 15.8. The Kier molecular flexibility index (Phi) is 4.95. The minimum Gasteiger partial charge on any atom is -0.341 e. The predicted molar refractivity (Wildman–Crippen MR) is 97.8 cm³/mol. The smallest absolute Gasteiger partial charge is 0.273 e. The first-order chi connectivity index (χ1) is 12.3. The maximum atomic E-state index is 13.1. The second-order valence-corrected chi connectivity index (χ2v) is 6.82. The normalized spacial score (nSPS) is 20.0. The Morgan fingerprint density at radius 1 is 1.27 bits per heavy atom. The number of rotatable bonds is 4. The number of likely N-dealkylation sites (N-methyl/N-ethyl adjacent to an activating group) is 1. The van der Waals surface area contributed by atoms with Gasteiger partial charge in [-0.3, -0.25) is 9.59 Å². The van der Waals surface area contributed by atoms with Crippen molar-refractivity contribution < 1.29 is 9.59 Å². The molecule has 2 aromatic heterocycles. The van der Waals surface area contributed by atoms with Crippen LogP contribution in [0.25, 0.3) is 5.65 Å². The van der Waals surface area contributed by atoms with Crippen LogP contribution in [0.3, 0.4) is 0 Å². The van der Waals surface area contributed by atoms with Gasteiger partial charge < -0.3 is 15.5 Å².